The third-order valence-electron chi connectivity index (χ3n) is 1.85. The molecule has 0 heterocycles. The molecule has 88 valence electrons. The zero-order valence-corrected chi connectivity index (χ0v) is 9.56. The van der Waals surface area contributed by atoms with Crippen LogP contribution in [-0.4, -0.2) is 38.5 Å². The van der Waals surface area contributed by atoms with Crippen LogP contribution in [0.1, 0.15) is 26.2 Å². The fourth-order valence-corrected chi connectivity index (χ4v) is 1.02. The summed E-state index contributed by atoms with van der Waals surface area (Å²) in [6.07, 6.45) is 2.16. The van der Waals surface area contributed by atoms with Crippen molar-refractivity contribution >= 4 is 11.8 Å². The first-order valence-electron chi connectivity index (χ1n) is 5.38. The van der Waals surface area contributed by atoms with Gasteiger partial charge in [-0.2, -0.15) is 0 Å². The van der Waals surface area contributed by atoms with Crippen LogP contribution in [0.4, 0.5) is 0 Å². The molecule has 2 amide bonds. The number of amides is 2. The summed E-state index contributed by atoms with van der Waals surface area (Å²) in [6, 6.07) is 0. The fourth-order valence-electron chi connectivity index (χ4n) is 1.02. The van der Waals surface area contributed by atoms with Crippen molar-refractivity contribution in [3.63, 3.8) is 0 Å². The summed E-state index contributed by atoms with van der Waals surface area (Å²) >= 11 is 0. The van der Waals surface area contributed by atoms with Crippen LogP contribution < -0.4 is 16.0 Å². The molecule has 0 saturated carbocycles. The van der Waals surface area contributed by atoms with E-state index in [0.717, 1.165) is 19.4 Å². The van der Waals surface area contributed by atoms with Gasteiger partial charge in [0.15, 0.2) is 0 Å². The van der Waals surface area contributed by atoms with E-state index >= 15 is 0 Å². The van der Waals surface area contributed by atoms with Crippen LogP contribution in [0.25, 0.3) is 0 Å². The minimum absolute atomic E-state index is 0.0723. The van der Waals surface area contributed by atoms with Crippen molar-refractivity contribution in [1.29, 1.82) is 0 Å². The lowest BCUT2D eigenvalue weighted by Crippen LogP contribution is -2.37. The molecule has 0 aliphatic rings. The summed E-state index contributed by atoms with van der Waals surface area (Å²) in [5.41, 5.74) is 0. The van der Waals surface area contributed by atoms with E-state index in [1.165, 1.54) is 0 Å². The lowest BCUT2D eigenvalue weighted by Gasteiger charge is -2.05. The minimum atomic E-state index is -0.126. The highest BCUT2D eigenvalue weighted by molar-refractivity contribution is 5.84. The van der Waals surface area contributed by atoms with Gasteiger partial charge in [0, 0.05) is 13.0 Å². The molecule has 5 heteroatoms. The fraction of sp³-hybridized carbons (Fsp3) is 0.800. The van der Waals surface area contributed by atoms with E-state index in [9.17, 15) is 9.59 Å². The van der Waals surface area contributed by atoms with Crippen molar-refractivity contribution < 1.29 is 9.59 Å². The van der Waals surface area contributed by atoms with Crippen molar-refractivity contribution in [1.82, 2.24) is 16.0 Å². The van der Waals surface area contributed by atoms with Crippen LogP contribution in [0.15, 0.2) is 0 Å². The molecule has 0 fully saturated rings. The third-order valence-corrected chi connectivity index (χ3v) is 1.85. The predicted molar refractivity (Wildman–Crippen MR) is 59.5 cm³/mol. The maximum atomic E-state index is 11.2. The van der Waals surface area contributed by atoms with E-state index in [-0.39, 0.29) is 18.4 Å². The Morgan fingerprint density at radius 2 is 1.80 bits per heavy atom. The normalized spacial score (nSPS) is 9.73. The molecule has 0 radical (unpaired) electrons. The van der Waals surface area contributed by atoms with Crippen LogP contribution >= 0.6 is 0 Å². The Labute approximate surface area is 91.0 Å². The largest absolute Gasteiger partial charge is 0.355 e. The second-order valence-electron chi connectivity index (χ2n) is 3.33. The van der Waals surface area contributed by atoms with Gasteiger partial charge >= 0.3 is 0 Å². The molecule has 0 atom stereocenters. The first kappa shape index (κ1) is 13.9. The second kappa shape index (κ2) is 9.45. The number of hydrogen-bond donors (Lipinski definition) is 3. The van der Waals surface area contributed by atoms with Gasteiger partial charge in [0.05, 0.1) is 6.54 Å². The quantitative estimate of drug-likeness (QED) is 0.484. The molecule has 15 heavy (non-hydrogen) atoms. The van der Waals surface area contributed by atoms with Crippen LogP contribution in [0.5, 0.6) is 0 Å². The molecule has 0 saturated heterocycles. The first-order valence-corrected chi connectivity index (χ1v) is 5.38. The standard InChI is InChI=1S/C10H21N3O2/c1-3-6-12-10(15)8-13-9(14)5-4-7-11-2/h11H,3-8H2,1-2H3,(H,12,15)(H,13,14). The molecule has 0 aromatic heterocycles. The van der Waals surface area contributed by atoms with Crippen molar-refractivity contribution in [2.75, 3.05) is 26.7 Å². The van der Waals surface area contributed by atoms with E-state index in [4.69, 9.17) is 0 Å². The zero-order chi connectivity index (χ0) is 11.5. The molecule has 0 spiro atoms. The van der Waals surface area contributed by atoms with Gasteiger partial charge in [-0.25, -0.2) is 0 Å². The van der Waals surface area contributed by atoms with Gasteiger partial charge in [-0.3, -0.25) is 9.59 Å². The molecule has 0 aromatic rings. The molecule has 0 unspecified atom stereocenters. The Kier molecular flexibility index (Phi) is 8.76. The number of carbonyl (C=O) groups is 2. The molecule has 5 nitrogen and oxygen atoms in total. The van der Waals surface area contributed by atoms with Gasteiger partial charge in [-0.05, 0) is 26.4 Å². The van der Waals surface area contributed by atoms with Crippen LogP contribution in [0.2, 0.25) is 0 Å². The average molecular weight is 215 g/mol. The van der Waals surface area contributed by atoms with Crippen molar-refractivity contribution in [3.05, 3.63) is 0 Å². The highest BCUT2D eigenvalue weighted by Gasteiger charge is 2.03. The van der Waals surface area contributed by atoms with Gasteiger partial charge in [0.2, 0.25) is 11.8 Å². The number of carbonyl (C=O) groups excluding carboxylic acids is 2. The molecule has 0 bridgehead atoms. The Bertz CT molecular complexity index is 195. The van der Waals surface area contributed by atoms with E-state index in [2.05, 4.69) is 16.0 Å². The zero-order valence-electron chi connectivity index (χ0n) is 9.56. The Morgan fingerprint density at radius 3 is 2.40 bits per heavy atom. The van der Waals surface area contributed by atoms with Crippen LogP contribution in [0.3, 0.4) is 0 Å². The maximum Gasteiger partial charge on any atom is 0.239 e. The molecule has 0 aliphatic carbocycles. The van der Waals surface area contributed by atoms with Crippen molar-refractivity contribution in [3.8, 4) is 0 Å². The van der Waals surface area contributed by atoms with Gasteiger partial charge < -0.3 is 16.0 Å². The van der Waals surface area contributed by atoms with Crippen molar-refractivity contribution in [2.45, 2.75) is 26.2 Å². The molecular weight excluding hydrogens is 194 g/mol. The van der Waals surface area contributed by atoms with Gasteiger partial charge in [0.25, 0.3) is 0 Å². The van der Waals surface area contributed by atoms with Crippen molar-refractivity contribution in [2.24, 2.45) is 0 Å². The summed E-state index contributed by atoms with van der Waals surface area (Å²) in [5, 5.41) is 8.22. The lowest BCUT2D eigenvalue weighted by molar-refractivity contribution is -0.126. The number of rotatable bonds is 8. The highest BCUT2D eigenvalue weighted by atomic mass is 16.2. The molecule has 0 aromatic carbocycles. The predicted octanol–water partition coefficient (Wildman–Crippen LogP) is -0.372. The monoisotopic (exact) mass is 215 g/mol. The smallest absolute Gasteiger partial charge is 0.239 e. The summed E-state index contributed by atoms with van der Waals surface area (Å²) in [7, 11) is 1.84. The maximum absolute atomic E-state index is 11.2. The van der Waals surface area contributed by atoms with Gasteiger partial charge in [-0.1, -0.05) is 6.92 Å². The van der Waals surface area contributed by atoms with Crippen LogP contribution in [0, 0.1) is 0 Å². The third kappa shape index (κ3) is 9.21. The Morgan fingerprint density at radius 1 is 1.07 bits per heavy atom. The molecule has 0 aliphatic heterocycles. The summed E-state index contributed by atoms with van der Waals surface area (Å²) in [4.78, 5) is 22.3. The Hall–Kier alpha value is -1.10. The van der Waals surface area contributed by atoms with Crippen LogP contribution in [-0.2, 0) is 9.59 Å². The molecule has 0 rings (SSSR count). The summed E-state index contributed by atoms with van der Waals surface area (Å²) in [6.45, 7) is 3.54. The summed E-state index contributed by atoms with van der Waals surface area (Å²) in [5.74, 6) is -0.198. The van der Waals surface area contributed by atoms with Gasteiger partial charge in [-0.15, -0.1) is 0 Å². The topological polar surface area (TPSA) is 70.2 Å². The second-order valence-corrected chi connectivity index (χ2v) is 3.33. The molecule has 3 N–H and O–H groups in total. The number of nitrogens with one attached hydrogen (secondary N) is 3. The average Bonchev–Trinajstić information content (AvgIpc) is 2.24. The van der Waals surface area contributed by atoms with E-state index in [1.54, 1.807) is 0 Å². The minimum Gasteiger partial charge on any atom is -0.355 e. The lowest BCUT2D eigenvalue weighted by atomic mass is 10.3. The van der Waals surface area contributed by atoms with E-state index < -0.39 is 0 Å². The SMILES string of the molecule is CCCNC(=O)CNC(=O)CCCNC. The molecular formula is C10H21N3O2. The summed E-state index contributed by atoms with van der Waals surface area (Å²) < 4.78 is 0. The van der Waals surface area contributed by atoms with E-state index in [1.807, 2.05) is 14.0 Å². The van der Waals surface area contributed by atoms with E-state index in [0.29, 0.717) is 13.0 Å². The first-order chi connectivity index (χ1) is 7.20. The van der Waals surface area contributed by atoms with Gasteiger partial charge in [0.1, 0.15) is 0 Å². The number of hydrogen-bond acceptors (Lipinski definition) is 3. The highest BCUT2D eigenvalue weighted by Crippen LogP contribution is 1.85. The Balaban J connectivity index is 3.40.